The summed E-state index contributed by atoms with van der Waals surface area (Å²) in [4.78, 5) is 3.79. The van der Waals surface area contributed by atoms with Crippen molar-refractivity contribution in [3.05, 3.63) is 89.0 Å². The molecule has 1 heterocycles. The highest BCUT2D eigenvalue weighted by Gasteiger charge is 2.43. The quantitative estimate of drug-likeness (QED) is 0.308. The molecule has 1 atom stereocenters. The Bertz CT molecular complexity index is 1500. The molecule has 3 aliphatic rings. The highest BCUT2D eigenvalue weighted by molar-refractivity contribution is 6.11. The van der Waals surface area contributed by atoms with Gasteiger partial charge in [0.05, 0.1) is 0 Å². The molecule has 0 saturated carbocycles. The summed E-state index contributed by atoms with van der Waals surface area (Å²) in [6.07, 6.45) is 8.05. The van der Waals surface area contributed by atoms with E-state index in [1.807, 2.05) is 0 Å². The normalized spacial score (nSPS) is 21.7. The van der Waals surface area contributed by atoms with E-state index in [4.69, 9.17) is 0 Å². The molecule has 1 nitrogen and oxygen atoms in total. The van der Waals surface area contributed by atoms with Crippen molar-refractivity contribution in [1.82, 2.24) is 4.98 Å². The molecule has 1 heteroatoms. The average Bonchev–Trinajstić information content (AvgIpc) is 3.31. The lowest BCUT2D eigenvalue weighted by molar-refractivity contribution is 0.415. The monoisotopic (exact) mass is 401 g/mol. The highest BCUT2D eigenvalue weighted by Crippen LogP contribution is 2.55. The molecule has 1 aromatic heterocycles. The van der Waals surface area contributed by atoms with Crippen LogP contribution >= 0.6 is 0 Å². The first-order valence-corrected chi connectivity index (χ1v) is 11.5. The van der Waals surface area contributed by atoms with Gasteiger partial charge in [0, 0.05) is 27.2 Å². The molecule has 1 N–H and O–H groups in total. The van der Waals surface area contributed by atoms with Gasteiger partial charge in [-0.1, -0.05) is 70.2 Å². The number of aromatic amines is 1. The second kappa shape index (κ2) is 5.40. The molecule has 0 saturated heterocycles. The van der Waals surface area contributed by atoms with E-state index in [0.717, 1.165) is 6.42 Å². The van der Waals surface area contributed by atoms with E-state index in [0.29, 0.717) is 5.92 Å². The van der Waals surface area contributed by atoms with Crippen molar-refractivity contribution in [2.45, 2.75) is 44.9 Å². The molecule has 4 aromatic rings. The lowest BCUT2D eigenvalue weighted by Gasteiger charge is -2.29. The molecule has 0 aliphatic heterocycles. The predicted octanol–water partition coefficient (Wildman–Crippen LogP) is 7.88. The summed E-state index contributed by atoms with van der Waals surface area (Å²) in [5.41, 5.74) is 12.8. The predicted molar refractivity (Wildman–Crippen MR) is 132 cm³/mol. The molecule has 0 bridgehead atoms. The first-order valence-electron chi connectivity index (χ1n) is 11.5. The topological polar surface area (TPSA) is 15.8 Å². The molecule has 1 unspecified atom stereocenters. The Hall–Kier alpha value is -3.06. The van der Waals surface area contributed by atoms with Crippen molar-refractivity contribution in [2.24, 2.45) is 5.92 Å². The minimum Gasteiger partial charge on any atom is -0.354 e. The minimum atomic E-state index is 0.0353. The molecule has 31 heavy (non-hydrogen) atoms. The van der Waals surface area contributed by atoms with Gasteiger partial charge in [0.25, 0.3) is 0 Å². The zero-order chi connectivity index (χ0) is 21.1. The fourth-order valence-electron chi connectivity index (χ4n) is 6.69. The largest absolute Gasteiger partial charge is 0.354 e. The van der Waals surface area contributed by atoms with E-state index in [1.165, 1.54) is 60.8 Å². The Kier molecular flexibility index (Phi) is 3.07. The number of fused-ring (bicyclic) bond motifs is 9. The van der Waals surface area contributed by atoms with Crippen LogP contribution in [0, 0.1) is 5.92 Å². The lowest BCUT2D eigenvalue weighted by Crippen LogP contribution is -2.23. The Morgan fingerprint density at radius 1 is 0.774 bits per heavy atom. The van der Waals surface area contributed by atoms with Gasteiger partial charge in [-0.3, -0.25) is 0 Å². The number of nitrogens with one attached hydrogen (secondary N) is 1. The van der Waals surface area contributed by atoms with Crippen LogP contribution in [-0.4, -0.2) is 4.98 Å². The lowest BCUT2D eigenvalue weighted by atomic mass is 9.75. The van der Waals surface area contributed by atoms with Gasteiger partial charge in [0.15, 0.2) is 0 Å². The van der Waals surface area contributed by atoms with E-state index in [9.17, 15) is 0 Å². The van der Waals surface area contributed by atoms with Gasteiger partial charge >= 0.3 is 0 Å². The third kappa shape index (κ3) is 2.03. The second-order valence-electron chi connectivity index (χ2n) is 10.7. The summed E-state index contributed by atoms with van der Waals surface area (Å²) in [5.74, 6) is 0.585. The standard InChI is InChI=1S/C30H27N/c1-29(2)23-11-7-5-9-17(23)19-13-21-22-14-20-18-10-6-8-12-24(18)30(3,4)26(20)16-28(22)31-27(21)15-25(19)29/h5-11,13-16,24,31H,12H2,1-4H3. The fraction of sp³-hybridized carbons (Fsp3) is 0.267. The van der Waals surface area contributed by atoms with Crippen LogP contribution in [0.15, 0.2) is 66.8 Å². The van der Waals surface area contributed by atoms with Crippen molar-refractivity contribution in [3.63, 3.8) is 0 Å². The molecular formula is C30H27N. The number of rotatable bonds is 0. The van der Waals surface area contributed by atoms with Crippen LogP contribution < -0.4 is 0 Å². The third-order valence-corrected chi connectivity index (χ3v) is 8.47. The number of allylic oxidation sites excluding steroid dienone is 4. The molecule has 0 spiro atoms. The van der Waals surface area contributed by atoms with Gasteiger partial charge in [-0.2, -0.15) is 0 Å². The van der Waals surface area contributed by atoms with Gasteiger partial charge in [-0.05, 0) is 81.0 Å². The zero-order valence-corrected chi connectivity index (χ0v) is 18.6. The molecule has 152 valence electrons. The van der Waals surface area contributed by atoms with Crippen molar-refractivity contribution >= 4 is 27.4 Å². The SMILES string of the molecule is CC1(C)c2ccccc2-c2cc3c(cc21)[nH]c1cc2c(cc13)C1=CC=CCC1C2(C)C. The Labute approximate surface area is 183 Å². The van der Waals surface area contributed by atoms with E-state index in [2.05, 4.69) is 99.4 Å². The molecular weight excluding hydrogens is 374 g/mol. The van der Waals surface area contributed by atoms with Crippen molar-refractivity contribution < 1.29 is 0 Å². The van der Waals surface area contributed by atoms with Crippen LogP contribution in [0.1, 0.15) is 56.4 Å². The summed E-state index contributed by atoms with van der Waals surface area (Å²) >= 11 is 0. The van der Waals surface area contributed by atoms with Crippen LogP contribution in [-0.2, 0) is 10.8 Å². The van der Waals surface area contributed by atoms with Crippen LogP contribution in [0.5, 0.6) is 0 Å². The average molecular weight is 402 g/mol. The maximum Gasteiger partial charge on any atom is 0.0468 e. The van der Waals surface area contributed by atoms with Crippen molar-refractivity contribution in [1.29, 1.82) is 0 Å². The van der Waals surface area contributed by atoms with Crippen LogP contribution in [0.2, 0.25) is 0 Å². The molecule has 7 rings (SSSR count). The molecule has 3 aromatic carbocycles. The number of aromatic nitrogens is 1. The number of hydrogen-bond acceptors (Lipinski definition) is 0. The number of benzene rings is 3. The number of H-pyrrole nitrogens is 1. The summed E-state index contributed by atoms with van der Waals surface area (Å²) < 4.78 is 0. The van der Waals surface area contributed by atoms with Gasteiger partial charge < -0.3 is 4.98 Å². The molecule has 0 radical (unpaired) electrons. The summed E-state index contributed by atoms with van der Waals surface area (Å²) in [7, 11) is 0. The zero-order valence-electron chi connectivity index (χ0n) is 18.6. The summed E-state index contributed by atoms with van der Waals surface area (Å²) in [6.45, 7) is 9.54. The Morgan fingerprint density at radius 3 is 2.29 bits per heavy atom. The second-order valence-corrected chi connectivity index (χ2v) is 10.7. The van der Waals surface area contributed by atoms with Gasteiger partial charge in [0.2, 0.25) is 0 Å². The van der Waals surface area contributed by atoms with Crippen molar-refractivity contribution in [3.8, 4) is 11.1 Å². The summed E-state index contributed by atoms with van der Waals surface area (Å²) in [6, 6.07) is 18.7. The van der Waals surface area contributed by atoms with Crippen molar-refractivity contribution in [2.75, 3.05) is 0 Å². The first kappa shape index (κ1) is 17.6. The molecule has 0 fully saturated rings. The first-order chi connectivity index (χ1) is 14.9. The minimum absolute atomic E-state index is 0.0353. The maximum absolute atomic E-state index is 3.79. The molecule has 0 amide bonds. The Balaban J connectivity index is 1.54. The van der Waals surface area contributed by atoms with Crippen LogP contribution in [0.25, 0.3) is 38.5 Å². The smallest absolute Gasteiger partial charge is 0.0468 e. The van der Waals surface area contributed by atoms with E-state index < -0.39 is 0 Å². The van der Waals surface area contributed by atoms with Gasteiger partial charge in [-0.15, -0.1) is 0 Å². The van der Waals surface area contributed by atoms with Crippen LogP contribution in [0.3, 0.4) is 0 Å². The van der Waals surface area contributed by atoms with Gasteiger partial charge in [0.1, 0.15) is 0 Å². The Morgan fingerprint density at radius 2 is 1.48 bits per heavy atom. The fourth-order valence-corrected chi connectivity index (χ4v) is 6.69. The molecule has 3 aliphatic carbocycles. The highest BCUT2D eigenvalue weighted by atomic mass is 14.7. The third-order valence-electron chi connectivity index (χ3n) is 8.47. The number of hydrogen-bond donors (Lipinski definition) is 1. The van der Waals surface area contributed by atoms with E-state index >= 15 is 0 Å². The van der Waals surface area contributed by atoms with Crippen LogP contribution in [0.4, 0.5) is 0 Å². The van der Waals surface area contributed by atoms with E-state index in [1.54, 1.807) is 0 Å². The summed E-state index contributed by atoms with van der Waals surface area (Å²) in [5, 5.41) is 2.70. The van der Waals surface area contributed by atoms with E-state index in [-0.39, 0.29) is 10.8 Å². The van der Waals surface area contributed by atoms with Gasteiger partial charge in [-0.25, -0.2) is 0 Å². The maximum atomic E-state index is 3.79.